The van der Waals surface area contributed by atoms with E-state index in [0.717, 1.165) is 16.8 Å². The number of ether oxygens (including phenoxy) is 1. The summed E-state index contributed by atoms with van der Waals surface area (Å²) in [4.78, 5) is 21.7. The van der Waals surface area contributed by atoms with E-state index in [1.807, 2.05) is 18.2 Å². The van der Waals surface area contributed by atoms with E-state index in [2.05, 4.69) is 15.4 Å². The lowest BCUT2D eigenvalue weighted by Crippen LogP contribution is -2.22. The first-order valence-corrected chi connectivity index (χ1v) is 6.92. The van der Waals surface area contributed by atoms with E-state index in [4.69, 9.17) is 0 Å². The number of hydrogen-bond acceptors (Lipinski definition) is 5. The van der Waals surface area contributed by atoms with Gasteiger partial charge in [0.15, 0.2) is 0 Å². The predicted octanol–water partition coefficient (Wildman–Crippen LogP) is 3.50. The highest BCUT2D eigenvalue weighted by atomic mass is 16.6. The fraction of sp³-hybridized carbons (Fsp3) is 0.188. The second-order valence-corrected chi connectivity index (χ2v) is 4.94. The molecule has 0 fully saturated rings. The van der Waals surface area contributed by atoms with Gasteiger partial charge in [-0.25, -0.2) is 4.79 Å². The average Bonchev–Trinajstić information content (AvgIpc) is 2.55. The molecule has 0 aliphatic heterocycles. The van der Waals surface area contributed by atoms with Gasteiger partial charge >= 0.3 is 6.09 Å². The summed E-state index contributed by atoms with van der Waals surface area (Å²) >= 11 is 0. The molecular formula is C16H17N3O4. The standard InChI is InChI=1S/C16H17N3O4/c1-11-3-8-14(15(9-11)19(21)22)18-13-6-4-12(5-7-13)10-17-16(20)23-2/h3-9,18H,10H2,1-2H3,(H,17,20). The summed E-state index contributed by atoms with van der Waals surface area (Å²) in [5.41, 5.74) is 2.90. The Hall–Kier alpha value is -3.09. The Morgan fingerprint density at radius 3 is 2.52 bits per heavy atom. The Morgan fingerprint density at radius 2 is 1.91 bits per heavy atom. The van der Waals surface area contributed by atoms with Crippen molar-refractivity contribution in [2.45, 2.75) is 13.5 Å². The number of alkyl carbamates (subject to hydrolysis) is 1. The van der Waals surface area contributed by atoms with Crippen molar-refractivity contribution in [1.82, 2.24) is 5.32 Å². The van der Waals surface area contributed by atoms with Gasteiger partial charge in [-0.3, -0.25) is 10.1 Å². The van der Waals surface area contributed by atoms with E-state index >= 15 is 0 Å². The Balaban J connectivity index is 2.09. The normalized spacial score (nSPS) is 10.0. The van der Waals surface area contributed by atoms with Gasteiger partial charge in [-0.2, -0.15) is 0 Å². The number of rotatable bonds is 5. The number of aryl methyl sites for hydroxylation is 1. The third-order valence-electron chi connectivity index (χ3n) is 3.21. The first-order valence-electron chi connectivity index (χ1n) is 6.92. The van der Waals surface area contributed by atoms with Crippen LogP contribution < -0.4 is 10.6 Å². The second-order valence-electron chi connectivity index (χ2n) is 4.94. The van der Waals surface area contributed by atoms with Gasteiger partial charge in [0.2, 0.25) is 0 Å². The molecule has 0 aromatic heterocycles. The van der Waals surface area contributed by atoms with Crippen LogP contribution in [0.3, 0.4) is 0 Å². The fourth-order valence-corrected chi connectivity index (χ4v) is 2.01. The topological polar surface area (TPSA) is 93.5 Å². The van der Waals surface area contributed by atoms with E-state index in [1.165, 1.54) is 13.2 Å². The molecule has 0 unspecified atom stereocenters. The lowest BCUT2D eigenvalue weighted by molar-refractivity contribution is -0.384. The molecule has 0 atom stereocenters. The second kappa shape index (κ2) is 7.26. The minimum absolute atomic E-state index is 0.0291. The van der Waals surface area contributed by atoms with Crippen molar-refractivity contribution < 1.29 is 14.5 Å². The molecule has 2 aromatic rings. The number of amides is 1. The highest BCUT2D eigenvalue weighted by Gasteiger charge is 2.13. The van der Waals surface area contributed by atoms with Crippen LogP contribution in [0.15, 0.2) is 42.5 Å². The molecule has 0 saturated heterocycles. The zero-order chi connectivity index (χ0) is 16.8. The third kappa shape index (κ3) is 4.44. The summed E-state index contributed by atoms with van der Waals surface area (Å²) in [6.07, 6.45) is -0.498. The van der Waals surface area contributed by atoms with Gasteiger partial charge in [-0.15, -0.1) is 0 Å². The summed E-state index contributed by atoms with van der Waals surface area (Å²) < 4.78 is 4.49. The molecular weight excluding hydrogens is 298 g/mol. The first kappa shape index (κ1) is 16.3. The molecule has 23 heavy (non-hydrogen) atoms. The maximum Gasteiger partial charge on any atom is 0.407 e. The summed E-state index contributed by atoms with van der Waals surface area (Å²) in [5, 5.41) is 16.7. The highest BCUT2D eigenvalue weighted by molar-refractivity contribution is 5.70. The molecule has 0 heterocycles. The van der Waals surface area contributed by atoms with Crippen molar-refractivity contribution in [1.29, 1.82) is 0 Å². The van der Waals surface area contributed by atoms with Crippen molar-refractivity contribution in [2.24, 2.45) is 0 Å². The quantitative estimate of drug-likeness (QED) is 0.650. The molecule has 2 N–H and O–H groups in total. The Labute approximate surface area is 133 Å². The van der Waals surface area contributed by atoms with E-state index in [-0.39, 0.29) is 5.69 Å². The minimum atomic E-state index is -0.498. The number of methoxy groups -OCH3 is 1. The Bertz CT molecular complexity index is 714. The van der Waals surface area contributed by atoms with E-state index in [9.17, 15) is 14.9 Å². The number of benzene rings is 2. The number of nitro benzene ring substituents is 1. The molecule has 0 radical (unpaired) electrons. The first-order chi connectivity index (χ1) is 11.0. The van der Waals surface area contributed by atoms with Gasteiger partial charge in [0.05, 0.1) is 12.0 Å². The molecule has 2 aromatic carbocycles. The predicted molar refractivity (Wildman–Crippen MR) is 86.8 cm³/mol. The lowest BCUT2D eigenvalue weighted by Gasteiger charge is -2.09. The van der Waals surface area contributed by atoms with E-state index in [0.29, 0.717) is 12.2 Å². The van der Waals surface area contributed by atoms with Crippen LogP contribution in [0, 0.1) is 17.0 Å². The molecule has 0 spiro atoms. The molecule has 0 aliphatic rings. The molecule has 0 bridgehead atoms. The SMILES string of the molecule is COC(=O)NCc1ccc(Nc2ccc(C)cc2[N+](=O)[O-])cc1. The van der Waals surface area contributed by atoms with Gasteiger partial charge in [-0.1, -0.05) is 18.2 Å². The van der Waals surface area contributed by atoms with E-state index < -0.39 is 11.0 Å². The Morgan fingerprint density at radius 1 is 1.22 bits per heavy atom. The largest absolute Gasteiger partial charge is 0.453 e. The summed E-state index contributed by atoms with van der Waals surface area (Å²) in [5.74, 6) is 0. The number of anilines is 2. The van der Waals surface area contributed by atoms with Crippen molar-refractivity contribution in [2.75, 3.05) is 12.4 Å². The smallest absolute Gasteiger partial charge is 0.407 e. The van der Waals surface area contributed by atoms with Gasteiger partial charge in [-0.05, 0) is 36.2 Å². The van der Waals surface area contributed by atoms with Crippen molar-refractivity contribution in [3.8, 4) is 0 Å². The molecule has 0 saturated carbocycles. The van der Waals surface area contributed by atoms with Gasteiger partial charge < -0.3 is 15.4 Å². The van der Waals surface area contributed by atoms with Crippen LogP contribution in [0.4, 0.5) is 21.9 Å². The number of nitrogens with zero attached hydrogens (tertiary/aromatic N) is 1. The van der Waals surface area contributed by atoms with Crippen LogP contribution >= 0.6 is 0 Å². The monoisotopic (exact) mass is 315 g/mol. The van der Waals surface area contributed by atoms with Gasteiger partial charge in [0, 0.05) is 18.3 Å². The maximum atomic E-state index is 11.1. The summed E-state index contributed by atoms with van der Waals surface area (Å²) in [7, 11) is 1.30. The fourth-order valence-electron chi connectivity index (χ4n) is 2.01. The number of nitro groups is 1. The number of carbonyl (C=O) groups excluding carboxylic acids is 1. The zero-order valence-corrected chi connectivity index (χ0v) is 12.8. The van der Waals surface area contributed by atoms with Crippen LogP contribution in [0.25, 0.3) is 0 Å². The molecule has 2 rings (SSSR count). The van der Waals surface area contributed by atoms with Gasteiger partial charge in [0.1, 0.15) is 5.69 Å². The summed E-state index contributed by atoms with van der Waals surface area (Å²) in [6.45, 7) is 2.15. The number of carbonyl (C=O) groups is 1. The van der Waals surface area contributed by atoms with Crippen molar-refractivity contribution in [3.63, 3.8) is 0 Å². The van der Waals surface area contributed by atoms with Crippen LogP contribution in [0.2, 0.25) is 0 Å². The maximum absolute atomic E-state index is 11.1. The van der Waals surface area contributed by atoms with Crippen molar-refractivity contribution >= 4 is 23.2 Å². The number of nitrogens with one attached hydrogen (secondary N) is 2. The van der Waals surface area contributed by atoms with Crippen molar-refractivity contribution in [3.05, 3.63) is 63.7 Å². The summed E-state index contributed by atoms with van der Waals surface area (Å²) in [6, 6.07) is 12.2. The molecule has 0 aliphatic carbocycles. The zero-order valence-electron chi connectivity index (χ0n) is 12.8. The van der Waals surface area contributed by atoms with Crippen LogP contribution in [0.1, 0.15) is 11.1 Å². The number of hydrogen-bond donors (Lipinski definition) is 2. The van der Waals surface area contributed by atoms with Crippen LogP contribution in [-0.4, -0.2) is 18.1 Å². The molecule has 7 nitrogen and oxygen atoms in total. The molecule has 120 valence electrons. The minimum Gasteiger partial charge on any atom is -0.453 e. The lowest BCUT2D eigenvalue weighted by atomic mass is 10.1. The molecule has 1 amide bonds. The average molecular weight is 315 g/mol. The van der Waals surface area contributed by atoms with E-state index in [1.54, 1.807) is 25.1 Å². The van der Waals surface area contributed by atoms with Crippen LogP contribution in [-0.2, 0) is 11.3 Å². The van der Waals surface area contributed by atoms with Gasteiger partial charge in [0.25, 0.3) is 5.69 Å². The van der Waals surface area contributed by atoms with Crippen LogP contribution in [0.5, 0.6) is 0 Å². The highest BCUT2D eigenvalue weighted by Crippen LogP contribution is 2.28. The Kier molecular flexibility index (Phi) is 5.14. The third-order valence-corrected chi connectivity index (χ3v) is 3.21. The molecule has 7 heteroatoms.